The van der Waals surface area contributed by atoms with E-state index in [0.29, 0.717) is 23.2 Å². The third kappa shape index (κ3) is 3.44. The van der Waals surface area contributed by atoms with Gasteiger partial charge in [-0.05, 0) is 62.9 Å². The molecule has 1 aromatic carbocycles. The van der Waals surface area contributed by atoms with E-state index in [9.17, 15) is 21.8 Å². The number of hydrogen-bond acceptors (Lipinski definition) is 4. The summed E-state index contributed by atoms with van der Waals surface area (Å²) in [5.41, 5.74) is 0.532. The van der Waals surface area contributed by atoms with E-state index in [-0.39, 0.29) is 11.5 Å². The summed E-state index contributed by atoms with van der Waals surface area (Å²) in [7, 11) is -1.41. The molecular formula is C22H23F4N5OS. The summed E-state index contributed by atoms with van der Waals surface area (Å²) in [5.74, 6) is 0.572. The zero-order valence-corrected chi connectivity index (χ0v) is 19.8. The lowest BCUT2D eigenvalue weighted by Gasteiger charge is -2.23. The Bertz CT molecular complexity index is 1430. The lowest BCUT2D eigenvalue weighted by molar-refractivity contribution is -0.228. The van der Waals surface area contributed by atoms with Crippen molar-refractivity contribution in [3.05, 3.63) is 46.3 Å². The minimum absolute atomic E-state index is 0.0178. The summed E-state index contributed by atoms with van der Waals surface area (Å²) < 4.78 is 69.7. The lowest BCUT2D eigenvalue weighted by atomic mass is 9.96. The van der Waals surface area contributed by atoms with Crippen LogP contribution in [-0.2, 0) is 16.5 Å². The van der Waals surface area contributed by atoms with E-state index >= 15 is 0 Å². The Balaban J connectivity index is 1.99. The molecule has 0 spiro atoms. The highest BCUT2D eigenvalue weighted by molar-refractivity contribution is 7.85. The van der Waals surface area contributed by atoms with Crippen molar-refractivity contribution < 1.29 is 21.8 Å². The van der Waals surface area contributed by atoms with Gasteiger partial charge in [0, 0.05) is 16.7 Å². The van der Waals surface area contributed by atoms with E-state index in [1.807, 2.05) is 27.7 Å². The van der Waals surface area contributed by atoms with Crippen molar-refractivity contribution >= 4 is 27.3 Å². The molecule has 0 amide bonds. The summed E-state index contributed by atoms with van der Waals surface area (Å²) in [4.78, 5) is 4.35. The summed E-state index contributed by atoms with van der Waals surface area (Å²) in [6.45, 7) is 10.1. The SMILES string of the molecule is CCS(=O)c1c2c(C)c(C)c(C)c(C)c2nn1-c1cn2ncc(C(C)(F)C(F)(F)F)cc2n1. The van der Waals surface area contributed by atoms with Gasteiger partial charge in [0.05, 0.1) is 28.7 Å². The Morgan fingerprint density at radius 3 is 2.27 bits per heavy atom. The maximum Gasteiger partial charge on any atom is 0.426 e. The Kier molecular flexibility index (Phi) is 5.38. The van der Waals surface area contributed by atoms with Crippen molar-refractivity contribution in [1.29, 1.82) is 0 Å². The van der Waals surface area contributed by atoms with Gasteiger partial charge in [-0.15, -0.1) is 0 Å². The van der Waals surface area contributed by atoms with Gasteiger partial charge in [0.1, 0.15) is 5.03 Å². The standard InChI is InChI=1S/C22H23F4N5OS/c1-7-33(32)20-18-13(4)11(2)12(3)14(5)19(18)29-31(20)17-10-30-16(28-17)8-15(9-27-30)21(6,23)22(24,25)26/h8-10H,7H2,1-6H3. The maximum absolute atomic E-state index is 14.4. The number of fused-ring (bicyclic) bond motifs is 2. The molecule has 4 aromatic rings. The van der Waals surface area contributed by atoms with E-state index in [2.05, 4.69) is 15.2 Å². The summed E-state index contributed by atoms with van der Waals surface area (Å²) in [6.07, 6.45) is -2.80. The van der Waals surface area contributed by atoms with Crippen LogP contribution >= 0.6 is 0 Å². The van der Waals surface area contributed by atoms with Crippen LogP contribution < -0.4 is 0 Å². The third-order valence-electron chi connectivity index (χ3n) is 6.34. The predicted molar refractivity (Wildman–Crippen MR) is 118 cm³/mol. The van der Waals surface area contributed by atoms with Gasteiger partial charge in [0.25, 0.3) is 0 Å². The van der Waals surface area contributed by atoms with Crippen LogP contribution in [-0.4, -0.2) is 40.5 Å². The average molecular weight is 482 g/mol. The fraction of sp³-hybridized carbons (Fsp3) is 0.409. The largest absolute Gasteiger partial charge is 0.426 e. The zero-order valence-electron chi connectivity index (χ0n) is 19.0. The molecule has 0 bridgehead atoms. The van der Waals surface area contributed by atoms with Crippen LogP contribution in [0.2, 0.25) is 0 Å². The fourth-order valence-electron chi connectivity index (χ4n) is 3.82. The molecule has 2 atom stereocenters. The first-order valence-corrected chi connectivity index (χ1v) is 11.6. The number of aromatic nitrogens is 5. The van der Waals surface area contributed by atoms with E-state index in [1.165, 1.54) is 15.4 Å². The minimum atomic E-state index is -5.10. The second-order valence-electron chi connectivity index (χ2n) is 8.22. The Labute approximate surface area is 190 Å². The van der Waals surface area contributed by atoms with E-state index in [4.69, 9.17) is 0 Å². The van der Waals surface area contributed by atoms with Gasteiger partial charge in [-0.2, -0.15) is 23.4 Å². The number of alkyl halides is 4. The number of imidazole rings is 1. The first kappa shape index (κ1) is 23.3. The fourth-order valence-corrected chi connectivity index (χ4v) is 4.90. The summed E-state index contributed by atoms with van der Waals surface area (Å²) in [5, 5.41) is 9.84. The highest BCUT2D eigenvalue weighted by atomic mass is 32.2. The topological polar surface area (TPSA) is 65.1 Å². The zero-order chi connectivity index (χ0) is 24.5. The van der Waals surface area contributed by atoms with Crippen LogP contribution in [0.15, 0.2) is 23.5 Å². The first-order valence-electron chi connectivity index (χ1n) is 10.3. The van der Waals surface area contributed by atoms with Crippen molar-refractivity contribution in [1.82, 2.24) is 24.4 Å². The monoisotopic (exact) mass is 481 g/mol. The second kappa shape index (κ2) is 7.61. The molecule has 11 heteroatoms. The van der Waals surface area contributed by atoms with Gasteiger partial charge in [-0.3, -0.25) is 4.21 Å². The van der Waals surface area contributed by atoms with Crippen LogP contribution in [0.4, 0.5) is 17.6 Å². The van der Waals surface area contributed by atoms with Gasteiger partial charge in [0.15, 0.2) is 11.5 Å². The number of hydrogen-bond donors (Lipinski definition) is 0. The molecule has 0 aliphatic heterocycles. The number of halogens is 4. The highest BCUT2D eigenvalue weighted by Crippen LogP contribution is 2.42. The molecule has 0 fully saturated rings. The molecule has 0 saturated heterocycles. The smallest absolute Gasteiger partial charge is 0.253 e. The molecule has 0 saturated carbocycles. The van der Waals surface area contributed by atoms with Crippen LogP contribution in [0.3, 0.4) is 0 Å². The highest BCUT2D eigenvalue weighted by Gasteiger charge is 2.53. The van der Waals surface area contributed by atoms with Crippen molar-refractivity contribution in [3.8, 4) is 5.82 Å². The van der Waals surface area contributed by atoms with Crippen molar-refractivity contribution in [2.75, 3.05) is 5.75 Å². The lowest BCUT2D eigenvalue weighted by Crippen LogP contribution is -2.35. The molecule has 3 aromatic heterocycles. The van der Waals surface area contributed by atoms with Crippen molar-refractivity contribution in [2.24, 2.45) is 0 Å². The van der Waals surface area contributed by atoms with Crippen LogP contribution in [0.1, 0.15) is 41.7 Å². The van der Waals surface area contributed by atoms with Gasteiger partial charge in [-0.1, -0.05) is 6.92 Å². The Morgan fingerprint density at radius 1 is 1.03 bits per heavy atom. The second-order valence-corrected chi connectivity index (χ2v) is 9.88. The normalized spacial score (nSPS) is 15.3. The molecule has 6 nitrogen and oxygen atoms in total. The molecule has 3 heterocycles. The molecule has 33 heavy (non-hydrogen) atoms. The number of nitrogens with zero attached hydrogens (tertiary/aromatic N) is 5. The molecule has 0 aliphatic rings. The molecule has 176 valence electrons. The Morgan fingerprint density at radius 2 is 1.67 bits per heavy atom. The molecule has 2 unspecified atom stereocenters. The quantitative estimate of drug-likeness (QED) is 0.377. The average Bonchev–Trinajstić information content (AvgIpc) is 3.36. The molecule has 0 radical (unpaired) electrons. The van der Waals surface area contributed by atoms with Crippen molar-refractivity contribution in [3.63, 3.8) is 0 Å². The van der Waals surface area contributed by atoms with Gasteiger partial charge in [0.2, 0.25) is 5.67 Å². The van der Waals surface area contributed by atoms with E-state index < -0.39 is 28.2 Å². The first-order chi connectivity index (χ1) is 15.3. The summed E-state index contributed by atoms with van der Waals surface area (Å²) in [6, 6.07) is 1.01. The van der Waals surface area contributed by atoms with E-state index in [1.54, 1.807) is 6.92 Å². The van der Waals surface area contributed by atoms with Crippen LogP contribution in [0.5, 0.6) is 0 Å². The Hall–Kier alpha value is -2.82. The number of benzene rings is 1. The van der Waals surface area contributed by atoms with Gasteiger partial charge < -0.3 is 0 Å². The number of aryl methyl sites for hydroxylation is 2. The maximum atomic E-state index is 14.4. The van der Waals surface area contributed by atoms with Gasteiger partial charge >= 0.3 is 6.18 Å². The van der Waals surface area contributed by atoms with Crippen molar-refractivity contribution in [2.45, 2.75) is 58.4 Å². The predicted octanol–water partition coefficient (Wildman–Crippen LogP) is 5.18. The van der Waals surface area contributed by atoms with Gasteiger partial charge in [-0.25, -0.2) is 18.6 Å². The number of rotatable bonds is 4. The summed E-state index contributed by atoms with van der Waals surface area (Å²) >= 11 is 0. The van der Waals surface area contributed by atoms with Crippen LogP contribution in [0, 0.1) is 27.7 Å². The molecule has 4 rings (SSSR count). The minimum Gasteiger partial charge on any atom is -0.253 e. The molecular weight excluding hydrogens is 458 g/mol. The molecule has 0 aliphatic carbocycles. The molecule has 0 N–H and O–H groups in total. The van der Waals surface area contributed by atoms with Crippen LogP contribution in [0.25, 0.3) is 22.4 Å². The third-order valence-corrected chi connectivity index (χ3v) is 7.67. The van der Waals surface area contributed by atoms with E-state index in [0.717, 1.165) is 39.9 Å².